The largest absolute Gasteiger partial charge is 0.491 e. The fourth-order valence-electron chi connectivity index (χ4n) is 3.13. The van der Waals surface area contributed by atoms with Crippen molar-refractivity contribution in [2.75, 3.05) is 18.9 Å². The summed E-state index contributed by atoms with van der Waals surface area (Å²) in [4.78, 5) is 4.09. The van der Waals surface area contributed by atoms with Gasteiger partial charge in [-0.2, -0.15) is 0 Å². The lowest BCUT2D eigenvalue weighted by atomic mass is 10.1. The molecule has 28 heavy (non-hydrogen) atoms. The highest BCUT2D eigenvalue weighted by Crippen LogP contribution is 2.40. The molecule has 4 rings (SSSR count). The molecule has 146 valence electrons. The number of anilines is 1. The molecule has 6 nitrogen and oxygen atoms in total. The van der Waals surface area contributed by atoms with Crippen molar-refractivity contribution in [1.29, 1.82) is 0 Å². The quantitative estimate of drug-likeness (QED) is 0.608. The highest BCUT2D eigenvalue weighted by atomic mass is 35.5. The van der Waals surface area contributed by atoms with E-state index >= 15 is 0 Å². The van der Waals surface area contributed by atoms with Gasteiger partial charge in [-0.25, -0.2) is 4.98 Å². The van der Waals surface area contributed by atoms with E-state index in [0.717, 1.165) is 5.75 Å². The fraction of sp³-hybridized carbons (Fsp3) is 0.250. The summed E-state index contributed by atoms with van der Waals surface area (Å²) in [6, 6.07) is 12.5. The zero-order chi connectivity index (χ0) is 19.6. The van der Waals surface area contributed by atoms with Crippen molar-refractivity contribution in [3.05, 3.63) is 76.8 Å². The van der Waals surface area contributed by atoms with Crippen LogP contribution in [0.4, 0.5) is 5.69 Å². The summed E-state index contributed by atoms with van der Waals surface area (Å²) in [6.45, 7) is 1.09. The van der Waals surface area contributed by atoms with Gasteiger partial charge >= 0.3 is 0 Å². The molecule has 0 amide bonds. The Labute approximate surface area is 172 Å². The van der Waals surface area contributed by atoms with E-state index in [9.17, 15) is 0 Å². The summed E-state index contributed by atoms with van der Waals surface area (Å²) in [5, 5.41) is 1.03. The first kappa shape index (κ1) is 19.1. The molecule has 0 saturated carbocycles. The number of ether oxygens (including phenoxy) is 3. The van der Waals surface area contributed by atoms with Crippen LogP contribution in [-0.4, -0.2) is 28.9 Å². The van der Waals surface area contributed by atoms with E-state index in [1.54, 1.807) is 36.8 Å². The van der Waals surface area contributed by atoms with Crippen LogP contribution in [0.25, 0.3) is 0 Å². The van der Waals surface area contributed by atoms with Crippen LogP contribution in [0.2, 0.25) is 10.0 Å². The number of nitrogens with two attached hydrogens (primary N) is 1. The lowest BCUT2D eigenvalue weighted by Gasteiger charge is -2.30. The molecule has 0 radical (unpaired) electrons. The first-order valence-corrected chi connectivity index (χ1v) is 9.51. The van der Waals surface area contributed by atoms with E-state index in [-0.39, 0.29) is 6.10 Å². The van der Waals surface area contributed by atoms with Gasteiger partial charge in [0.15, 0.2) is 0 Å². The molecule has 0 aliphatic carbocycles. The van der Waals surface area contributed by atoms with Crippen LogP contribution in [0.15, 0.2) is 61.2 Å². The normalized spacial score (nSPS) is 21.7. The van der Waals surface area contributed by atoms with E-state index in [1.807, 2.05) is 29.0 Å². The van der Waals surface area contributed by atoms with Crippen LogP contribution >= 0.6 is 23.2 Å². The van der Waals surface area contributed by atoms with Crippen molar-refractivity contribution in [3.8, 4) is 5.75 Å². The Balaban J connectivity index is 1.54. The number of aromatic nitrogens is 2. The van der Waals surface area contributed by atoms with Crippen LogP contribution in [0.5, 0.6) is 5.75 Å². The summed E-state index contributed by atoms with van der Waals surface area (Å²) in [5.41, 5.74) is 7.10. The Bertz CT molecular complexity index is 934. The summed E-state index contributed by atoms with van der Waals surface area (Å²) in [5.74, 6) is -0.341. The SMILES string of the molecule is Nc1ccc(OC[C@H]2CO[C@](Cn3ccnc3)(c3ccc(Cl)cc3Cl)O2)cc1. The van der Waals surface area contributed by atoms with Gasteiger partial charge in [-0.1, -0.05) is 29.3 Å². The van der Waals surface area contributed by atoms with Crippen molar-refractivity contribution in [3.63, 3.8) is 0 Å². The van der Waals surface area contributed by atoms with Gasteiger partial charge in [0, 0.05) is 28.7 Å². The molecule has 1 aliphatic heterocycles. The standard InChI is InChI=1S/C20H19Cl2N3O3/c21-14-1-6-18(19(22)9-14)20(12-25-8-7-24-13-25)27-11-17(28-20)10-26-16-4-2-15(23)3-5-16/h1-9,13,17H,10-12,23H2/t17-,20-/m0/s1. The molecule has 1 aromatic heterocycles. The Morgan fingerprint density at radius 2 is 2.04 bits per heavy atom. The van der Waals surface area contributed by atoms with Crippen molar-refractivity contribution >= 4 is 28.9 Å². The number of hydrogen-bond donors (Lipinski definition) is 1. The molecule has 1 aliphatic rings. The minimum Gasteiger partial charge on any atom is -0.491 e. The number of hydrogen-bond acceptors (Lipinski definition) is 5. The van der Waals surface area contributed by atoms with Gasteiger partial charge in [0.1, 0.15) is 18.5 Å². The molecule has 0 unspecified atom stereocenters. The van der Waals surface area contributed by atoms with E-state index < -0.39 is 5.79 Å². The Morgan fingerprint density at radius 1 is 1.21 bits per heavy atom. The van der Waals surface area contributed by atoms with E-state index in [4.69, 9.17) is 43.1 Å². The predicted octanol–water partition coefficient (Wildman–Crippen LogP) is 4.12. The molecule has 0 bridgehead atoms. The summed E-state index contributed by atoms with van der Waals surface area (Å²) >= 11 is 12.5. The minimum atomic E-state index is -1.06. The Morgan fingerprint density at radius 3 is 2.75 bits per heavy atom. The summed E-state index contributed by atoms with van der Waals surface area (Å²) < 4.78 is 20.2. The van der Waals surface area contributed by atoms with E-state index in [2.05, 4.69) is 4.98 Å². The molecule has 3 aromatic rings. The first-order chi connectivity index (χ1) is 13.5. The summed E-state index contributed by atoms with van der Waals surface area (Å²) in [6.07, 6.45) is 4.98. The van der Waals surface area contributed by atoms with Crippen molar-refractivity contribution in [2.24, 2.45) is 0 Å². The lowest BCUT2D eigenvalue weighted by molar-refractivity contribution is -0.189. The molecule has 2 aromatic carbocycles. The van der Waals surface area contributed by atoms with Crippen LogP contribution in [-0.2, 0) is 21.8 Å². The number of benzene rings is 2. The van der Waals surface area contributed by atoms with Crippen molar-refractivity contribution in [2.45, 2.75) is 18.4 Å². The molecule has 8 heteroatoms. The molecule has 1 fully saturated rings. The molecule has 2 heterocycles. The van der Waals surface area contributed by atoms with Gasteiger partial charge in [0.25, 0.3) is 0 Å². The molecular weight excluding hydrogens is 401 g/mol. The van der Waals surface area contributed by atoms with Crippen LogP contribution in [0.3, 0.4) is 0 Å². The number of nitrogens with zero attached hydrogens (tertiary/aromatic N) is 2. The van der Waals surface area contributed by atoms with Gasteiger partial charge in [0.2, 0.25) is 5.79 Å². The second-order valence-corrected chi connectivity index (χ2v) is 7.39. The Kier molecular flexibility index (Phi) is 5.46. The lowest BCUT2D eigenvalue weighted by Crippen LogP contribution is -2.34. The van der Waals surface area contributed by atoms with Crippen molar-refractivity contribution in [1.82, 2.24) is 9.55 Å². The number of halogens is 2. The third kappa shape index (κ3) is 4.10. The van der Waals surface area contributed by atoms with Gasteiger partial charge in [-0.15, -0.1) is 0 Å². The molecule has 0 spiro atoms. The van der Waals surface area contributed by atoms with Gasteiger partial charge in [0.05, 0.1) is 24.5 Å². The highest BCUT2D eigenvalue weighted by molar-refractivity contribution is 6.35. The molecular formula is C20H19Cl2N3O3. The fourth-order valence-corrected chi connectivity index (χ4v) is 3.68. The average Bonchev–Trinajstić information content (AvgIpc) is 3.32. The first-order valence-electron chi connectivity index (χ1n) is 8.75. The van der Waals surface area contributed by atoms with Crippen LogP contribution in [0.1, 0.15) is 5.56 Å². The molecule has 2 N–H and O–H groups in total. The smallest absolute Gasteiger partial charge is 0.215 e. The highest BCUT2D eigenvalue weighted by Gasteiger charge is 2.45. The second-order valence-electron chi connectivity index (χ2n) is 6.54. The maximum absolute atomic E-state index is 6.46. The molecule has 1 saturated heterocycles. The van der Waals surface area contributed by atoms with Gasteiger partial charge in [-0.3, -0.25) is 0 Å². The number of rotatable bonds is 6. The van der Waals surface area contributed by atoms with Gasteiger partial charge < -0.3 is 24.5 Å². The third-order valence-electron chi connectivity index (χ3n) is 4.47. The average molecular weight is 420 g/mol. The van der Waals surface area contributed by atoms with Crippen LogP contribution in [0, 0.1) is 0 Å². The molecule has 2 atom stereocenters. The monoisotopic (exact) mass is 419 g/mol. The summed E-state index contributed by atoms with van der Waals surface area (Å²) in [7, 11) is 0. The van der Waals surface area contributed by atoms with Crippen LogP contribution < -0.4 is 10.5 Å². The van der Waals surface area contributed by atoms with Crippen molar-refractivity contribution < 1.29 is 14.2 Å². The topological polar surface area (TPSA) is 71.5 Å². The van der Waals surface area contributed by atoms with E-state index in [0.29, 0.717) is 41.1 Å². The third-order valence-corrected chi connectivity index (χ3v) is 5.01. The predicted molar refractivity (Wildman–Crippen MR) is 108 cm³/mol. The zero-order valence-electron chi connectivity index (χ0n) is 14.9. The number of nitrogen functional groups attached to an aromatic ring is 1. The zero-order valence-corrected chi connectivity index (χ0v) is 16.4. The maximum atomic E-state index is 6.46. The maximum Gasteiger partial charge on any atom is 0.215 e. The number of imidazole rings is 1. The Hall–Kier alpha value is -2.25. The minimum absolute atomic E-state index is 0.271. The van der Waals surface area contributed by atoms with E-state index in [1.165, 1.54) is 0 Å². The van der Waals surface area contributed by atoms with Gasteiger partial charge in [-0.05, 0) is 36.4 Å². The second kappa shape index (κ2) is 8.01.